The Kier molecular flexibility index (Phi) is 9.01. The Morgan fingerprint density at radius 3 is 2.23 bits per heavy atom. The third kappa shape index (κ3) is 7.70. The lowest BCUT2D eigenvalue weighted by Crippen LogP contribution is -2.55. The van der Waals surface area contributed by atoms with Gasteiger partial charge >= 0.3 is 18.0 Å². The van der Waals surface area contributed by atoms with Gasteiger partial charge in [-0.05, 0) is 48.2 Å². The van der Waals surface area contributed by atoms with Gasteiger partial charge in [0, 0.05) is 12.8 Å². The van der Waals surface area contributed by atoms with E-state index in [9.17, 15) is 36.6 Å². The zero-order valence-corrected chi connectivity index (χ0v) is 17.4. The van der Waals surface area contributed by atoms with E-state index in [0.717, 1.165) is 11.5 Å². The molecule has 1 fully saturated rings. The zero-order valence-electron chi connectivity index (χ0n) is 17.4. The fourth-order valence-electron chi connectivity index (χ4n) is 3.04. The highest BCUT2D eigenvalue weighted by atomic mass is 19.4. The lowest BCUT2D eigenvalue weighted by Gasteiger charge is -2.27. The van der Waals surface area contributed by atoms with Crippen molar-refractivity contribution in [3.8, 4) is 11.8 Å². The standard InChI is InChI=1S/C22H28F6O3/c1-15-16(13-17(29)14-18(15)30)9-6-4-5-7-10-19(2,3)11-8-12-20(31,21(23,24)25)22(26,27)28/h4,6,9,17-18,29-31H,1,5,7,10-11,13-14H2,2-3H3/b6-4+,16-9-/t17-,18+/m1/s1. The summed E-state index contributed by atoms with van der Waals surface area (Å²) in [7, 11) is 0. The summed E-state index contributed by atoms with van der Waals surface area (Å²) in [6.45, 7) is 7.14. The smallest absolute Gasteiger partial charge is 0.393 e. The Bertz CT molecular complexity index is 736. The highest BCUT2D eigenvalue weighted by Crippen LogP contribution is 2.42. The van der Waals surface area contributed by atoms with Crippen LogP contribution in [0.3, 0.4) is 0 Å². The molecule has 3 N–H and O–H groups in total. The van der Waals surface area contributed by atoms with Crippen LogP contribution in [0.4, 0.5) is 26.3 Å². The molecule has 0 bridgehead atoms. The van der Waals surface area contributed by atoms with Crippen LogP contribution in [0.2, 0.25) is 0 Å². The van der Waals surface area contributed by atoms with E-state index < -0.39 is 35.6 Å². The third-order valence-electron chi connectivity index (χ3n) is 5.08. The molecule has 1 saturated carbocycles. The Hall–Kier alpha value is -1.76. The summed E-state index contributed by atoms with van der Waals surface area (Å²) >= 11 is 0. The normalized spacial score (nSPS) is 22.7. The van der Waals surface area contributed by atoms with E-state index >= 15 is 0 Å². The van der Waals surface area contributed by atoms with Crippen molar-refractivity contribution in [2.45, 2.75) is 82.5 Å². The largest absolute Gasteiger partial charge is 0.438 e. The molecule has 31 heavy (non-hydrogen) atoms. The van der Waals surface area contributed by atoms with Crippen molar-refractivity contribution >= 4 is 0 Å². The van der Waals surface area contributed by atoms with Crippen LogP contribution in [0.5, 0.6) is 0 Å². The fraction of sp³-hybridized carbons (Fsp3) is 0.636. The van der Waals surface area contributed by atoms with E-state index in [2.05, 4.69) is 6.58 Å². The van der Waals surface area contributed by atoms with Crippen LogP contribution in [0.25, 0.3) is 0 Å². The van der Waals surface area contributed by atoms with Gasteiger partial charge in [0.25, 0.3) is 0 Å². The molecule has 0 saturated heterocycles. The predicted molar refractivity (Wildman–Crippen MR) is 105 cm³/mol. The van der Waals surface area contributed by atoms with E-state index in [-0.39, 0.29) is 12.8 Å². The summed E-state index contributed by atoms with van der Waals surface area (Å²) in [6.07, 6.45) is -5.85. The van der Waals surface area contributed by atoms with Crippen LogP contribution in [0.1, 0.15) is 52.4 Å². The summed E-state index contributed by atoms with van der Waals surface area (Å²) in [5.41, 5.74) is -4.38. The molecule has 0 aromatic rings. The van der Waals surface area contributed by atoms with E-state index in [0.29, 0.717) is 31.3 Å². The number of halogens is 6. The van der Waals surface area contributed by atoms with Gasteiger partial charge in [0.1, 0.15) is 0 Å². The lowest BCUT2D eigenvalue weighted by atomic mass is 9.83. The number of rotatable bonds is 6. The van der Waals surface area contributed by atoms with Crippen molar-refractivity contribution in [2.24, 2.45) is 5.41 Å². The first-order chi connectivity index (χ1) is 14.0. The van der Waals surface area contributed by atoms with Crippen LogP contribution in [0, 0.1) is 17.3 Å². The number of allylic oxidation sites excluding steroid dienone is 3. The SMILES string of the molecule is C=C1/C(=C\C=C\CCCC(C)(C)CC#CC(O)(C(F)(F)F)C(F)(F)F)C[C@@H](O)C[C@@H]1O. The zero-order chi connectivity index (χ0) is 24.1. The van der Waals surface area contributed by atoms with Crippen LogP contribution >= 0.6 is 0 Å². The van der Waals surface area contributed by atoms with Crippen LogP contribution in [-0.4, -0.2) is 45.5 Å². The molecule has 9 heteroatoms. The number of unbranched alkanes of at least 4 members (excludes halogenated alkanes) is 1. The second-order valence-corrected chi connectivity index (χ2v) is 8.50. The Morgan fingerprint density at radius 2 is 1.68 bits per heavy atom. The summed E-state index contributed by atoms with van der Waals surface area (Å²) in [5.74, 6) is 2.84. The molecule has 0 aromatic heterocycles. The number of aliphatic hydroxyl groups is 3. The molecule has 0 aromatic carbocycles. The molecule has 1 aliphatic rings. The lowest BCUT2D eigenvalue weighted by molar-refractivity contribution is -0.343. The summed E-state index contributed by atoms with van der Waals surface area (Å²) < 4.78 is 75.7. The van der Waals surface area contributed by atoms with Gasteiger partial charge in [-0.25, -0.2) is 0 Å². The molecule has 2 atom stereocenters. The second-order valence-electron chi connectivity index (χ2n) is 8.50. The van der Waals surface area contributed by atoms with Crippen molar-refractivity contribution in [2.75, 3.05) is 0 Å². The Morgan fingerprint density at radius 1 is 1.10 bits per heavy atom. The van der Waals surface area contributed by atoms with Gasteiger partial charge < -0.3 is 15.3 Å². The molecule has 1 rings (SSSR count). The summed E-state index contributed by atoms with van der Waals surface area (Å²) in [4.78, 5) is 0. The quantitative estimate of drug-likeness (QED) is 0.301. The summed E-state index contributed by atoms with van der Waals surface area (Å²) in [6, 6.07) is 0. The van der Waals surface area contributed by atoms with Crippen LogP contribution in [-0.2, 0) is 0 Å². The van der Waals surface area contributed by atoms with Gasteiger partial charge in [-0.3, -0.25) is 0 Å². The topological polar surface area (TPSA) is 60.7 Å². The second kappa shape index (κ2) is 10.2. The van der Waals surface area contributed by atoms with Gasteiger partial charge in [0.05, 0.1) is 12.2 Å². The fourth-order valence-corrected chi connectivity index (χ4v) is 3.04. The summed E-state index contributed by atoms with van der Waals surface area (Å²) in [5, 5.41) is 28.5. The first-order valence-electron chi connectivity index (χ1n) is 9.77. The minimum Gasteiger partial charge on any atom is -0.393 e. The van der Waals surface area contributed by atoms with Crippen LogP contribution in [0.15, 0.2) is 36.0 Å². The van der Waals surface area contributed by atoms with Crippen molar-refractivity contribution in [1.82, 2.24) is 0 Å². The van der Waals surface area contributed by atoms with Gasteiger partial charge in [0.2, 0.25) is 0 Å². The molecule has 176 valence electrons. The highest BCUT2D eigenvalue weighted by Gasteiger charge is 2.70. The number of hydrogen-bond donors (Lipinski definition) is 3. The number of alkyl halides is 6. The minimum atomic E-state index is -5.95. The molecule has 0 heterocycles. The maximum absolute atomic E-state index is 12.6. The maximum Gasteiger partial charge on any atom is 0.438 e. The Labute approximate surface area is 178 Å². The van der Waals surface area contributed by atoms with Crippen LogP contribution < -0.4 is 0 Å². The molecular weight excluding hydrogens is 426 g/mol. The van der Waals surface area contributed by atoms with E-state index in [1.54, 1.807) is 26.0 Å². The number of aliphatic hydroxyl groups excluding tert-OH is 2. The highest BCUT2D eigenvalue weighted by molar-refractivity contribution is 5.37. The van der Waals surface area contributed by atoms with E-state index in [4.69, 9.17) is 5.11 Å². The van der Waals surface area contributed by atoms with E-state index in [1.165, 1.54) is 0 Å². The molecule has 0 radical (unpaired) electrons. The average molecular weight is 454 g/mol. The monoisotopic (exact) mass is 454 g/mol. The number of hydrogen-bond acceptors (Lipinski definition) is 3. The molecule has 1 aliphatic carbocycles. The minimum absolute atomic E-state index is 0.245. The van der Waals surface area contributed by atoms with Crippen molar-refractivity contribution in [1.29, 1.82) is 0 Å². The molecule has 0 amide bonds. The average Bonchev–Trinajstić information content (AvgIpc) is 2.59. The van der Waals surface area contributed by atoms with Crippen molar-refractivity contribution in [3.63, 3.8) is 0 Å². The first kappa shape index (κ1) is 27.3. The van der Waals surface area contributed by atoms with Gasteiger partial charge in [-0.2, -0.15) is 26.3 Å². The molecular formula is C22H28F6O3. The van der Waals surface area contributed by atoms with Gasteiger partial charge in [0.15, 0.2) is 0 Å². The van der Waals surface area contributed by atoms with Gasteiger partial charge in [-0.1, -0.05) is 44.6 Å². The molecule has 3 nitrogen and oxygen atoms in total. The molecule has 0 aliphatic heterocycles. The first-order valence-corrected chi connectivity index (χ1v) is 9.77. The Balaban J connectivity index is 2.60. The molecule has 0 spiro atoms. The van der Waals surface area contributed by atoms with Gasteiger partial charge in [-0.15, -0.1) is 0 Å². The van der Waals surface area contributed by atoms with Crippen molar-refractivity contribution in [3.05, 3.63) is 36.0 Å². The molecule has 0 unspecified atom stereocenters. The van der Waals surface area contributed by atoms with E-state index in [1.807, 2.05) is 12.0 Å². The maximum atomic E-state index is 12.6. The predicted octanol–water partition coefficient (Wildman–Crippen LogP) is 4.99. The van der Waals surface area contributed by atoms with Crippen molar-refractivity contribution < 1.29 is 41.7 Å². The third-order valence-corrected chi connectivity index (χ3v) is 5.08.